The molecule has 3 aromatic rings. The topological polar surface area (TPSA) is 107 Å². The molecule has 6 nitrogen and oxygen atoms in total. The lowest BCUT2D eigenvalue weighted by atomic mass is 9.84. The van der Waals surface area contributed by atoms with Gasteiger partial charge in [0.25, 0.3) is 0 Å². The van der Waals surface area contributed by atoms with Gasteiger partial charge in [-0.05, 0) is 16.3 Å². The predicted molar refractivity (Wildman–Crippen MR) is 89.9 cm³/mol. The minimum atomic E-state index is -0.189. The number of benzene rings is 2. The van der Waals surface area contributed by atoms with Gasteiger partial charge in [0.1, 0.15) is 11.6 Å². The predicted octanol–water partition coefficient (Wildman–Crippen LogP) is 2.27. The van der Waals surface area contributed by atoms with Crippen molar-refractivity contribution in [3.05, 3.63) is 53.6 Å². The molecule has 2 aromatic carbocycles. The van der Waals surface area contributed by atoms with Crippen LogP contribution in [0.2, 0.25) is 0 Å². The SMILES string of the molecule is Nc1nc(N)c2c(n1)NC(=O)C[C@H]2c1cccc2ccccc12. The average molecular weight is 305 g/mol. The highest BCUT2D eigenvalue weighted by Crippen LogP contribution is 2.41. The van der Waals surface area contributed by atoms with Gasteiger partial charge in [0.15, 0.2) is 0 Å². The number of nitrogens with two attached hydrogens (primary N) is 2. The van der Waals surface area contributed by atoms with Gasteiger partial charge in [0.05, 0.1) is 0 Å². The molecule has 0 aliphatic carbocycles. The van der Waals surface area contributed by atoms with Gasteiger partial charge in [0, 0.05) is 17.9 Å². The van der Waals surface area contributed by atoms with E-state index in [1.807, 2.05) is 42.5 Å². The van der Waals surface area contributed by atoms with Gasteiger partial charge < -0.3 is 16.8 Å². The normalized spacial score (nSPS) is 16.9. The number of aromatic nitrogens is 2. The van der Waals surface area contributed by atoms with Crippen molar-refractivity contribution in [2.45, 2.75) is 12.3 Å². The number of nitrogens with one attached hydrogen (secondary N) is 1. The second-order valence-electron chi connectivity index (χ2n) is 5.60. The third-order valence-electron chi connectivity index (χ3n) is 4.19. The lowest BCUT2D eigenvalue weighted by Crippen LogP contribution is -2.26. The molecule has 0 saturated carbocycles. The Bertz CT molecular complexity index is 932. The number of anilines is 3. The summed E-state index contributed by atoms with van der Waals surface area (Å²) in [7, 11) is 0. The Kier molecular flexibility index (Phi) is 2.90. The van der Waals surface area contributed by atoms with Crippen molar-refractivity contribution >= 4 is 34.3 Å². The van der Waals surface area contributed by atoms with E-state index in [0.29, 0.717) is 18.1 Å². The van der Waals surface area contributed by atoms with E-state index in [1.54, 1.807) is 0 Å². The van der Waals surface area contributed by atoms with E-state index in [9.17, 15) is 4.79 Å². The van der Waals surface area contributed by atoms with Crippen molar-refractivity contribution in [2.24, 2.45) is 0 Å². The van der Waals surface area contributed by atoms with Gasteiger partial charge in [-0.3, -0.25) is 4.79 Å². The summed E-state index contributed by atoms with van der Waals surface area (Å²) in [6, 6.07) is 14.1. The smallest absolute Gasteiger partial charge is 0.226 e. The van der Waals surface area contributed by atoms with Crippen LogP contribution in [-0.2, 0) is 4.79 Å². The number of nitrogen functional groups attached to an aromatic ring is 2. The summed E-state index contributed by atoms with van der Waals surface area (Å²) in [6.07, 6.45) is 0.304. The maximum atomic E-state index is 12.1. The van der Waals surface area contributed by atoms with Crippen molar-refractivity contribution < 1.29 is 4.79 Å². The third-order valence-corrected chi connectivity index (χ3v) is 4.19. The average Bonchev–Trinajstić information content (AvgIpc) is 2.52. The Balaban J connectivity index is 1.98. The minimum Gasteiger partial charge on any atom is -0.383 e. The van der Waals surface area contributed by atoms with E-state index < -0.39 is 0 Å². The maximum absolute atomic E-state index is 12.1. The summed E-state index contributed by atoms with van der Waals surface area (Å²) in [4.78, 5) is 20.3. The summed E-state index contributed by atoms with van der Waals surface area (Å²) in [5.74, 6) is 0.480. The van der Waals surface area contributed by atoms with Crippen LogP contribution >= 0.6 is 0 Å². The highest BCUT2D eigenvalue weighted by molar-refractivity contribution is 5.97. The number of fused-ring (bicyclic) bond motifs is 2. The number of amides is 1. The van der Waals surface area contributed by atoms with Crippen LogP contribution in [0, 0.1) is 0 Å². The zero-order valence-corrected chi connectivity index (χ0v) is 12.3. The number of hydrogen-bond donors (Lipinski definition) is 3. The van der Waals surface area contributed by atoms with Crippen LogP contribution in [0.1, 0.15) is 23.5 Å². The fraction of sp³-hybridized carbons (Fsp3) is 0.118. The van der Waals surface area contributed by atoms with Crippen molar-refractivity contribution in [1.29, 1.82) is 0 Å². The third kappa shape index (κ3) is 2.15. The van der Waals surface area contributed by atoms with E-state index >= 15 is 0 Å². The molecule has 23 heavy (non-hydrogen) atoms. The Morgan fingerprint density at radius 3 is 2.70 bits per heavy atom. The summed E-state index contributed by atoms with van der Waals surface area (Å²) < 4.78 is 0. The van der Waals surface area contributed by atoms with Gasteiger partial charge in [-0.1, -0.05) is 42.5 Å². The molecule has 1 aromatic heterocycles. The van der Waals surface area contributed by atoms with Crippen molar-refractivity contribution in [3.63, 3.8) is 0 Å². The molecule has 4 rings (SSSR count). The van der Waals surface area contributed by atoms with Gasteiger partial charge in [-0.25, -0.2) is 0 Å². The molecule has 0 bridgehead atoms. The first-order chi connectivity index (χ1) is 11.1. The molecule has 0 saturated heterocycles. The van der Waals surface area contributed by atoms with Crippen LogP contribution < -0.4 is 16.8 Å². The lowest BCUT2D eigenvalue weighted by molar-refractivity contribution is -0.116. The number of carbonyl (C=O) groups is 1. The second kappa shape index (κ2) is 4.95. The first-order valence-corrected chi connectivity index (χ1v) is 7.34. The van der Waals surface area contributed by atoms with Gasteiger partial charge in [-0.15, -0.1) is 0 Å². The largest absolute Gasteiger partial charge is 0.383 e. The van der Waals surface area contributed by atoms with Gasteiger partial charge >= 0.3 is 0 Å². The Morgan fingerprint density at radius 2 is 1.83 bits per heavy atom. The van der Waals surface area contributed by atoms with Crippen LogP contribution in [0.25, 0.3) is 10.8 Å². The van der Waals surface area contributed by atoms with Crippen LogP contribution in [0.5, 0.6) is 0 Å². The molecule has 2 heterocycles. The summed E-state index contributed by atoms with van der Waals surface area (Å²) in [6.45, 7) is 0. The van der Waals surface area contributed by atoms with Crippen LogP contribution in [0.4, 0.5) is 17.6 Å². The Morgan fingerprint density at radius 1 is 1.04 bits per heavy atom. The molecule has 0 fully saturated rings. The monoisotopic (exact) mass is 305 g/mol. The van der Waals surface area contributed by atoms with Crippen molar-refractivity contribution in [3.8, 4) is 0 Å². The summed E-state index contributed by atoms with van der Waals surface area (Å²) in [5, 5.41) is 4.95. The van der Waals surface area contributed by atoms with Crippen LogP contribution in [-0.4, -0.2) is 15.9 Å². The van der Waals surface area contributed by atoms with E-state index in [0.717, 1.165) is 21.9 Å². The Labute approximate surface area is 132 Å². The molecular formula is C17H15N5O. The van der Waals surface area contributed by atoms with Crippen LogP contribution in [0.3, 0.4) is 0 Å². The molecular weight excluding hydrogens is 290 g/mol. The molecule has 0 unspecified atom stereocenters. The van der Waals surface area contributed by atoms with E-state index in [1.165, 1.54) is 0 Å². The molecule has 1 amide bonds. The number of carbonyl (C=O) groups excluding carboxylic acids is 1. The Hall–Kier alpha value is -3.15. The molecule has 5 N–H and O–H groups in total. The molecule has 0 spiro atoms. The molecule has 114 valence electrons. The van der Waals surface area contributed by atoms with Crippen LogP contribution in [0.15, 0.2) is 42.5 Å². The highest BCUT2D eigenvalue weighted by atomic mass is 16.1. The zero-order chi connectivity index (χ0) is 16.0. The number of rotatable bonds is 1. The molecule has 1 aliphatic heterocycles. The van der Waals surface area contributed by atoms with Gasteiger partial charge in [0.2, 0.25) is 11.9 Å². The van der Waals surface area contributed by atoms with E-state index in [2.05, 4.69) is 15.3 Å². The molecule has 0 radical (unpaired) electrons. The maximum Gasteiger partial charge on any atom is 0.226 e. The first-order valence-electron chi connectivity index (χ1n) is 7.34. The van der Waals surface area contributed by atoms with E-state index in [-0.39, 0.29) is 17.8 Å². The standard InChI is InChI=1S/C17H15N5O/c18-15-14-12(8-13(23)20-16(14)22-17(19)21-15)11-7-3-5-9-4-1-2-6-10(9)11/h1-7,12H,8H2,(H5,18,19,20,21,22,23)/t12-/m0/s1. The minimum absolute atomic E-state index is 0.0557. The fourth-order valence-corrected chi connectivity index (χ4v) is 3.23. The molecule has 1 aliphatic rings. The van der Waals surface area contributed by atoms with Gasteiger partial charge in [-0.2, -0.15) is 9.97 Å². The lowest BCUT2D eigenvalue weighted by Gasteiger charge is -2.27. The number of hydrogen-bond acceptors (Lipinski definition) is 5. The van der Waals surface area contributed by atoms with Crippen molar-refractivity contribution in [1.82, 2.24) is 9.97 Å². The summed E-state index contributed by atoms with van der Waals surface area (Å²) in [5.41, 5.74) is 13.5. The first kappa shape index (κ1) is 13.5. The van der Waals surface area contributed by atoms with Crippen molar-refractivity contribution in [2.75, 3.05) is 16.8 Å². The second-order valence-corrected chi connectivity index (χ2v) is 5.60. The fourth-order valence-electron chi connectivity index (χ4n) is 3.23. The number of nitrogens with zero attached hydrogens (tertiary/aromatic N) is 2. The quantitative estimate of drug-likeness (QED) is 0.639. The molecule has 6 heteroatoms. The highest BCUT2D eigenvalue weighted by Gasteiger charge is 2.31. The summed E-state index contributed by atoms with van der Waals surface area (Å²) >= 11 is 0. The zero-order valence-electron chi connectivity index (χ0n) is 12.3. The van der Waals surface area contributed by atoms with E-state index in [4.69, 9.17) is 11.5 Å². The molecule has 1 atom stereocenters.